The van der Waals surface area contributed by atoms with Crippen LogP contribution in [0.2, 0.25) is 13.1 Å². The Morgan fingerprint density at radius 2 is 1.34 bits per heavy atom. The maximum Gasteiger partial charge on any atom is -0.0579 e. The smallest absolute Gasteiger partial charge is 0.0579 e. The Morgan fingerprint density at radius 3 is 2.03 bits per heavy atom. The zero-order valence-electron chi connectivity index (χ0n) is 16.9. The van der Waals surface area contributed by atoms with Crippen molar-refractivity contribution in [3.8, 4) is 0 Å². The van der Waals surface area contributed by atoms with Gasteiger partial charge in [-0.25, -0.2) is 0 Å². The van der Waals surface area contributed by atoms with Crippen molar-refractivity contribution in [3.05, 3.63) is 96.6 Å². The van der Waals surface area contributed by atoms with Crippen molar-refractivity contribution in [3.63, 3.8) is 0 Å². The fourth-order valence-electron chi connectivity index (χ4n) is 3.18. The van der Waals surface area contributed by atoms with Crippen LogP contribution in [0.15, 0.2) is 91.0 Å². The van der Waals surface area contributed by atoms with E-state index in [0.717, 1.165) is 0 Å². The number of aryl methyl sites for hydroxylation is 1. The third kappa shape index (κ3) is 7.23. The van der Waals surface area contributed by atoms with Gasteiger partial charge >= 0.3 is 41.9 Å². The molecule has 0 aliphatic heterocycles. The van der Waals surface area contributed by atoms with Gasteiger partial charge in [-0.05, 0) is 0 Å². The molecule has 148 valence electrons. The topological polar surface area (TPSA) is 0 Å². The minimum Gasteiger partial charge on any atom is -1.00 e. The van der Waals surface area contributed by atoms with Gasteiger partial charge in [-0.15, -0.1) is 58.1 Å². The van der Waals surface area contributed by atoms with Crippen molar-refractivity contribution in [1.82, 2.24) is 0 Å². The molecule has 29 heavy (non-hydrogen) atoms. The first-order chi connectivity index (χ1) is 13.0. The van der Waals surface area contributed by atoms with E-state index in [2.05, 4.69) is 111 Å². The standard InChI is InChI=1S/C14H11.C9H7.C2H6Si.2ClH.Zr/c1-10-8-12-7-6-11-4-2-3-5-13(11)14(12)9-10;1-2-5-9-7-3-6-8(9)4-1;1-3-2;;;/h2-9H,1H3;1-7H;1-2H3;2*1H;/q2*-1;;;;+2/p-2. The van der Waals surface area contributed by atoms with Gasteiger partial charge < -0.3 is 24.8 Å². The summed E-state index contributed by atoms with van der Waals surface area (Å²) in [5.74, 6) is 0. The molecule has 0 unspecified atom stereocenters. The van der Waals surface area contributed by atoms with Gasteiger partial charge in [0, 0.05) is 0 Å². The summed E-state index contributed by atoms with van der Waals surface area (Å²) < 4.78 is 0. The molecule has 5 rings (SSSR count). The predicted molar refractivity (Wildman–Crippen MR) is 119 cm³/mol. The molecule has 0 aromatic heterocycles. The van der Waals surface area contributed by atoms with Crippen LogP contribution in [-0.2, 0) is 23.3 Å². The molecular weight excluding hydrogens is 490 g/mol. The Hall–Kier alpha value is -1.18. The molecule has 0 amide bonds. The molecule has 0 heterocycles. The van der Waals surface area contributed by atoms with Crippen LogP contribution in [0.3, 0.4) is 0 Å². The Morgan fingerprint density at radius 1 is 0.759 bits per heavy atom. The second-order valence-corrected chi connectivity index (χ2v) is 16.4. The largest absolute Gasteiger partial charge is 1.00 e. The molecule has 0 bridgehead atoms. The van der Waals surface area contributed by atoms with E-state index in [9.17, 15) is 0 Å². The quantitative estimate of drug-likeness (QED) is 0.216. The van der Waals surface area contributed by atoms with Crippen LogP contribution in [0.5, 0.6) is 0 Å². The molecule has 0 saturated carbocycles. The van der Waals surface area contributed by atoms with Crippen molar-refractivity contribution in [2.45, 2.75) is 20.0 Å². The fraction of sp³-hybridized carbons (Fsp3) is 0.120. The van der Waals surface area contributed by atoms with Crippen molar-refractivity contribution in [1.29, 1.82) is 0 Å². The number of rotatable bonds is 0. The fourth-order valence-corrected chi connectivity index (χ4v) is 3.18. The van der Waals surface area contributed by atoms with Crippen molar-refractivity contribution >= 4 is 37.8 Å². The molecule has 0 aliphatic carbocycles. The van der Waals surface area contributed by atoms with Gasteiger partial charge in [0.15, 0.2) is 0 Å². The van der Waals surface area contributed by atoms with Gasteiger partial charge in [0.1, 0.15) is 0 Å². The van der Waals surface area contributed by atoms with E-state index in [4.69, 9.17) is 0 Å². The van der Waals surface area contributed by atoms with Crippen molar-refractivity contribution in [2.24, 2.45) is 0 Å². The summed E-state index contributed by atoms with van der Waals surface area (Å²) in [6.45, 7) is 6.76. The summed E-state index contributed by atoms with van der Waals surface area (Å²) in [4.78, 5) is 0. The first-order valence-corrected chi connectivity index (χ1v) is 15.4. The Kier molecular flexibility index (Phi) is 11.1. The molecule has 0 atom stereocenters. The molecule has 0 aliphatic rings. The molecule has 0 nitrogen and oxygen atoms in total. The van der Waals surface area contributed by atoms with Crippen LogP contribution in [0, 0.1) is 6.92 Å². The molecule has 5 aromatic rings. The zero-order chi connectivity index (χ0) is 19.2. The van der Waals surface area contributed by atoms with Gasteiger partial charge in [-0.1, -0.05) is 54.1 Å². The van der Waals surface area contributed by atoms with Crippen LogP contribution in [0.25, 0.3) is 32.3 Å². The van der Waals surface area contributed by atoms with Crippen LogP contribution < -0.4 is 24.8 Å². The number of halogens is 2. The zero-order valence-corrected chi connectivity index (χ0v) is 21.9. The SMILES string of the molecule is C[Si](C)=[Zr+2].Cc1cc2ccc3ccccc3c2[cH-]1.[Cl-].[Cl-].c1ccc2[cH-]ccc2c1. The van der Waals surface area contributed by atoms with E-state index in [1.165, 1.54) is 37.9 Å². The Labute approximate surface area is 201 Å². The van der Waals surface area contributed by atoms with Crippen LogP contribution in [0.1, 0.15) is 5.56 Å². The Bertz CT molecular complexity index is 1150. The second-order valence-electron chi connectivity index (χ2n) is 6.98. The molecule has 0 radical (unpaired) electrons. The summed E-state index contributed by atoms with van der Waals surface area (Å²) in [5.41, 5.74) is 1.55. The van der Waals surface area contributed by atoms with Gasteiger partial charge in [0.2, 0.25) is 0 Å². The number of hydrogen-bond donors (Lipinski definition) is 0. The van der Waals surface area contributed by atoms with E-state index in [1.54, 1.807) is 23.3 Å². The maximum atomic E-state index is 2.31. The number of hydrogen-bond acceptors (Lipinski definition) is 0. The van der Waals surface area contributed by atoms with Gasteiger partial charge in [0.05, 0.1) is 0 Å². The summed E-state index contributed by atoms with van der Waals surface area (Å²) in [5, 5.41) is 8.07. The molecular formula is C25H24Cl2SiZr-2. The van der Waals surface area contributed by atoms with E-state index in [1.807, 2.05) is 0 Å². The van der Waals surface area contributed by atoms with Crippen LogP contribution >= 0.6 is 0 Å². The summed E-state index contributed by atoms with van der Waals surface area (Å²) in [6, 6.07) is 32.1. The minimum absolute atomic E-state index is 0. The third-order valence-electron chi connectivity index (χ3n) is 4.31. The van der Waals surface area contributed by atoms with Crippen LogP contribution in [-0.4, -0.2) is 5.43 Å². The number of fused-ring (bicyclic) bond motifs is 4. The van der Waals surface area contributed by atoms with E-state index >= 15 is 0 Å². The van der Waals surface area contributed by atoms with E-state index in [-0.39, 0.29) is 30.2 Å². The van der Waals surface area contributed by atoms with Crippen molar-refractivity contribution in [2.75, 3.05) is 0 Å². The first-order valence-electron chi connectivity index (χ1n) is 9.21. The monoisotopic (exact) mass is 512 g/mol. The van der Waals surface area contributed by atoms with Gasteiger partial charge in [-0.2, -0.15) is 23.6 Å². The average Bonchev–Trinajstić information content (AvgIpc) is 3.27. The van der Waals surface area contributed by atoms with E-state index in [0.29, 0.717) is 0 Å². The predicted octanol–water partition coefficient (Wildman–Crippen LogP) is 1.37. The van der Waals surface area contributed by atoms with Gasteiger partial charge in [-0.3, -0.25) is 0 Å². The molecule has 5 aromatic carbocycles. The normalized spacial score (nSPS) is 9.55. The maximum absolute atomic E-state index is 2.31. The van der Waals surface area contributed by atoms with E-state index < -0.39 is 0 Å². The third-order valence-corrected chi connectivity index (χ3v) is 4.31. The second kappa shape index (κ2) is 12.5. The summed E-state index contributed by atoms with van der Waals surface area (Å²) in [6.07, 6.45) is 0. The molecule has 4 heteroatoms. The van der Waals surface area contributed by atoms with Crippen molar-refractivity contribution < 1.29 is 48.1 Å². The average molecular weight is 515 g/mol. The minimum atomic E-state index is 0. The van der Waals surface area contributed by atoms with Gasteiger partial charge in [0.25, 0.3) is 0 Å². The molecule has 0 spiro atoms. The molecule has 0 saturated heterocycles. The molecule has 0 N–H and O–H groups in total. The van der Waals surface area contributed by atoms with Crippen LogP contribution in [0.4, 0.5) is 0 Å². The summed E-state index contributed by atoms with van der Waals surface area (Å²) in [7, 11) is 0. The Balaban J connectivity index is 0.000000245. The first kappa shape index (κ1) is 25.9. The summed E-state index contributed by atoms with van der Waals surface area (Å²) >= 11 is 1.74. The number of benzene rings is 3. The molecule has 0 fully saturated rings.